The van der Waals surface area contributed by atoms with Gasteiger partial charge in [0, 0.05) is 200 Å². The van der Waals surface area contributed by atoms with Crippen LogP contribution in [0.3, 0.4) is 0 Å². The minimum Gasteiger partial charge on any atom is -0.0753 e. The Labute approximate surface area is 572 Å². The maximum Gasteiger partial charge on any atom is 0.0331 e. The largest absolute Gasteiger partial charge is 0.0753 e. The van der Waals surface area contributed by atoms with Gasteiger partial charge in [0.25, 0.3) is 0 Å². The molecule has 86 heavy (non-hydrogen) atoms. The zero-order chi connectivity index (χ0) is 72.0. The Kier molecular flexibility index (Phi) is 26.1. The lowest BCUT2D eigenvalue weighted by Crippen LogP contribution is -3.14. The zero-order valence-corrected chi connectivity index (χ0v) is 100. The van der Waals surface area contributed by atoms with Crippen molar-refractivity contribution in [2.45, 2.75) is 380 Å². The number of hydrogen-bond acceptors (Lipinski definition) is 0. The predicted octanol–water partition coefficient (Wildman–Crippen LogP) is 23.2. The second-order valence-electron chi connectivity index (χ2n) is 48.2. The second-order valence-corrected chi connectivity index (χ2v) is 388. The van der Waals surface area contributed by atoms with Crippen LogP contribution in [0.15, 0.2) is 0 Å². The van der Waals surface area contributed by atoms with Gasteiger partial charge in [-0.25, -0.2) is 0 Å². The van der Waals surface area contributed by atoms with Crippen molar-refractivity contribution in [3.63, 3.8) is 0 Å². The fourth-order valence-corrected chi connectivity index (χ4v) is 1520. The third-order valence-electron chi connectivity index (χ3n) is 34.3. The molecule has 0 aromatic rings. The van der Waals surface area contributed by atoms with E-state index in [0.29, 0.717) is 0 Å². The van der Waals surface area contributed by atoms with Crippen LogP contribution in [0, 0.1) is 0 Å². The number of hydrogen-bond donors (Lipinski definition) is 0. The van der Waals surface area contributed by atoms with Gasteiger partial charge in [-0.3, -0.25) is 0 Å². The molecule has 0 rings (SSSR count). The van der Waals surface area contributed by atoms with Gasteiger partial charge in [0.15, 0.2) is 0 Å². The molecular formula is C58H174Si28. The zero-order valence-electron chi connectivity index (χ0n) is 72.0. The Balaban J connectivity index is 12.1. The summed E-state index contributed by atoms with van der Waals surface area (Å²) in [5, 5.41) is 0. The molecular weight excluding hydrogens is 1480 g/mol. The molecule has 0 unspecified atom stereocenters. The van der Waals surface area contributed by atoms with E-state index in [4.69, 9.17) is 0 Å². The van der Waals surface area contributed by atoms with Crippen LogP contribution in [0.2, 0.25) is 380 Å². The van der Waals surface area contributed by atoms with E-state index < -0.39 is 200 Å². The van der Waals surface area contributed by atoms with Gasteiger partial charge in [0.05, 0.1) is 0 Å². The van der Waals surface area contributed by atoms with Gasteiger partial charge in [0.1, 0.15) is 0 Å². The standard InChI is InChI=1S/C58H174Si28/c1-59(2,3)79(53,60(4,5)6)73(41,42)83(57,74(43,44)80(54,61(7,8)9)62(10,11)12)77(49,50)85(67(25,26)27,68(28,29)30)71(37,38)72(39,40)86(69(31,32)33,70(34,35)36)78(51,52)84(58,75(45,46)81(55,63(13,14)15)64(16,17)18)76(47,48)82(56,65(19,20)21)66(22,23)24/h1-58H3. The summed E-state index contributed by atoms with van der Waals surface area (Å²) >= 11 is 0. The van der Waals surface area contributed by atoms with Crippen molar-refractivity contribution in [2.75, 3.05) is 0 Å². The molecule has 0 aliphatic rings. The Morgan fingerprint density at radius 2 is 0.174 bits per heavy atom. The van der Waals surface area contributed by atoms with Gasteiger partial charge < -0.3 is 0 Å². The minimum absolute atomic E-state index is 1.59. The highest BCUT2D eigenvalue weighted by Gasteiger charge is 2.90. The number of rotatable bonds is 27. The first kappa shape index (κ1) is 92.1. The van der Waals surface area contributed by atoms with E-state index in [1.165, 1.54) is 0 Å². The summed E-state index contributed by atoms with van der Waals surface area (Å²) in [4.78, 5) is 0. The van der Waals surface area contributed by atoms with Crippen molar-refractivity contribution in [3.8, 4) is 0 Å². The van der Waals surface area contributed by atoms with E-state index in [0.717, 1.165) is 0 Å². The van der Waals surface area contributed by atoms with E-state index in [1.807, 2.05) is 0 Å². The van der Waals surface area contributed by atoms with E-state index in [2.05, 4.69) is 380 Å². The van der Waals surface area contributed by atoms with Gasteiger partial charge >= 0.3 is 0 Å². The predicted molar refractivity (Wildman–Crippen MR) is 501 cm³/mol. The summed E-state index contributed by atoms with van der Waals surface area (Å²) in [6, 6.07) is 0. The summed E-state index contributed by atoms with van der Waals surface area (Å²) in [5.41, 5.74) is 0. The molecule has 28 heteroatoms. The summed E-state index contributed by atoms with van der Waals surface area (Å²) in [7, 11) is -37.0. The SMILES string of the molecule is C[Si](C)(C)[Si](C)([Si](C)(C)C)[Si](C)(C)[Si](C)([Si](C)(C)[Si](C)([Si](C)(C)C)[Si](C)(C)C)[Si](C)(C)[Si]([Si](C)(C)C)([Si](C)(C)C)[Si](C)(C)[Si](C)(C)[Si]([Si](C)(C)C)([Si](C)(C)C)[Si](C)(C)[Si](C)([Si](C)(C)[Si](C)([Si](C)(C)C)[Si](C)(C)C)[Si](C)(C)[Si](C)([Si](C)(C)C)[Si](C)(C)C. The third-order valence-corrected chi connectivity index (χ3v) is 822. The molecule has 0 aliphatic heterocycles. The first-order valence-corrected chi connectivity index (χ1v) is 148. The molecule has 0 N–H and O–H groups in total. The highest BCUT2D eigenvalue weighted by Crippen LogP contribution is 2.63. The van der Waals surface area contributed by atoms with Crippen molar-refractivity contribution < 1.29 is 0 Å². The van der Waals surface area contributed by atoms with E-state index in [1.54, 1.807) is 0 Å². The normalized spacial score (nSPS) is 17.7. The van der Waals surface area contributed by atoms with Crippen molar-refractivity contribution in [1.82, 2.24) is 0 Å². The van der Waals surface area contributed by atoms with E-state index >= 15 is 0 Å². The van der Waals surface area contributed by atoms with Crippen LogP contribution in [-0.2, 0) is 0 Å². The van der Waals surface area contributed by atoms with E-state index in [-0.39, 0.29) is 0 Å². The molecule has 0 aliphatic carbocycles. The monoisotopic (exact) mass is 1650 g/mol. The van der Waals surface area contributed by atoms with Crippen molar-refractivity contribution in [3.05, 3.63) is 0 Å². The molecule has 0 amide bonds. The quantitative estimate of drug-likeness (QED) is 0.0719. The van der Waals surface area contributed by atoms with Gasteiger partial charge in [0.2, 0.25) is 0 Å². The molecule has 0 heterocycles. The van der Waals surface area contributed by atoms with Crippen molar-refractivity contribution in [1.29, 1.82) is 0 Å². The molecule has 0 spiro atoms. The van der Waals surface area contributed by atoms with Crippen molar-refractivity contribution in [2.24, 2.45) is 0 Å². The maximum absolute atomic E-state index is 3.60. The Morgan fingerprint density at radius 1 is 0.0814 bits per heavy atom. The highest BCUT2D eigenvalue weighted by atomic mass is 30.5. The molecule has 518 valence electrons. The molecule has 0 aromatic heterocycles. The van der Waals surface area contributed by atoms with Crippen molar-refractivity contribution >= 4 is 200 Å². The lowest BCUT2D eigenvalue weighted by Gasteiger charge is -2.83. The Morgan fingerprint density at radius 3 is 0.244 bits per heavy atom. The first-order valence-electron chi connectivity index (χ1n) is 35.8. The smallest absolute Gasteiger partial charge is 0.0331 e. The van der Waals surface area contributed by atoms with Gasteiger partial charge in [-0.05, 0) is 0 Å². The van der Waals surface area contributed by atoms with Crippen LogP contribution < -0.4 is 0 Å². The van der Waals surface area contributed by atoms with Gasteiger partial charge in [-0.1, -0.05) is 380 Å². The minimum atomic E-state index is -2.19. The van der Waals surface area contributed by atoms with E-state index in [9.17, 15) is 0 Å². The molecule has 0 aromatic carbocycles. The molecule has 0 bridgehead atoms. The molecule has 0 radical (unpaired) electrons. The molecule has 0 atom stereocenters. The fourth-order valence-electron chi connectivity index (χ4n) is 31.7. The third kappa shape index (κ3) is 11.5. The summed E-state index contributed by atoms with van der Waals surface area (Å²) in [6.45, 7) is 177. The van der Waals surface area contributed by atoms with Crippen LogP contribution in [-0.4, -0.2) is 200 Å². The lowest BCUT2D eigenvalue weighted by molar-refractivity contribution is 1.71. The maximum atomic E-state index is 3.60. The Bertz CT molecular complexity index is 2050. The molecule has 0 saturated heterocycles. The Hall–Kier alpha value is 6.07. The summed E-state index contributed by atoms with van der Waals surface area (Å²) in [6.07, 6.45) is -4.38. The molecule has 0 saturated carbocycles. The van der Waals surface area contributed by atoms with Crippen LogP contribution in [0.1, 0.15) is 0 Å². The molecule has 0 fully saturated rings. The first-order chi connectivity index (χ1) is 35.8. The molecule has 0 nitrogen and oxygen atoms in total. The lowest BCUT2D eigenvalue weighted by atomic mass is 11.8. The van der Waals surface area contributed by atoms with Crippen LogP contribution in [0.25, 0.3) is 0 Å². The van der Waals surface area contributed by atoms with Gasteiger partial charge in [-0.2, -0.15) is 0 Å². The van der Waals surface area contributed by atoms with Gasteiger partial charge in [-0.15, -0.1) is 0 Å². The highest BCUT2D eigenvalue weighted by molar-refractivity contribution is 8.36. The van der Waals surface area contributed by atoms with Crippen LogP contribution in [0.5, 0.6) is 0 Å². The fraction of sp³-hybridized carbons (Fsp3) is 1.00. The van der Waals surface area contributed by atoms with Crippen LogP contribution >= 0.6 is 0 Å². The average molecular weight is 1660 g/mol. The average Bonchev–Trinajstić information content (AvgIpc) is 3.14. The van der Waals surface area contributed by atoms with Crippen LogP contribution in [0.4, 0.5) is 0 Å². The summed E-state index contributed by atoms with van der Waals surface area (Å²) < 4.78 is 0. The topological polar surface area (TPSA) is 0 Å². The second kappa shape index (κ2) is 24.4. The summed E-state index contributed by atoms with van der Waals surface area (Å²) in [5.74, 6) is 0.